The van der Waals surface area contributed by atoms with Crippen LogP contribution in [0.4, 0.5) is 0 Å². The molecule has 3 aromatic rings. The van der Waals surface area contributed by atoms with Gasteiger partial charge in [0.05, 0.1) is 6.61 Å². The summed E-state index contributed by atoms with van der Waals surface area (Å²) in [5, 5.41) is 4.16. The van der Waals surface area contributed by atoms with Crippen LogP contribution in [-0.4, -0.2) is 18.1 Å². The first-order valence-corrected chi connectivity index (χ1v) is 9.39. The topological polar surface area (TPSA) is 43.4 Å². The minimum absolute atomic E-state index is 0.496. The highest BCUT2D eigenvalue weighted by Gasteiger charge is 2.04. The fourth-order valence-corrected chi connectivity index (χ4v) is 2.82. The summed E-state index contributed by atoms with van der Waals surface area (Å²) in [4.78, 5) is 4.14. The smallest absolute Gasteiger partial charge is 0.213 e. The molecule has 1 aromatic heterocycles. The Morgan fingerprint density at radius 2 is 1.81 bits per heavy atom. The lowest BCUT2D eigenvalue weighted by Gasteiger charge is -2.12. The molecule has 0 saturated carbocycles. The number of rotatable bonds is 10. The molecule has 0 fully saturated rings. The van der Waals surface area contributed by atoms with Crippen molar-refractivity contribution in [1.82, 2.24) is 10.3 Å². The van der Waals surface area contributed by atoms with Crippen LogP contribution in [0.1, 0.15) is 17.5 Å². The van der Waals surface area contributed by atoms with Crippen molar-refractivity contribution in [3.8, 4) is 11.6 Å². The van der Waals surface area contributed by atoms with E-state index in [0.717, 1.165) is 41.4 Å². The first kappa shape index (κ1) is 19.2. The van der Waals surface area contributed by atoms with Crippen molar-refractivity contribution in [2.75, 3.05) is 13.2 Å². The minimum atomic E-state index is 0.496. The van der Waals surface area contributed by atoms with Gasteiger partial charge in [-0.1, -0.05) is 48.0 Å². The van der Waals surface area contributed by atoms with E-state index < -0.39 is 0 Å². The van der Waals surface area contributed by atoms with Crippen LogP contribution < -0.4 is 14.8 Å². The Labute approximate surface area is 165 Å². The number of hydrogen-bond acceptors (Lipinski definition) is 4. The van der Waals surface area contributed by atoms with Crippen molar-refractivity contribution in [1.29, 1.82) is 0 Å². The highest BCUT2D eigenvalue weighted by molar-refractivity contribution is 6.30. The lowest BCUT2D eigenvalue weighted by Crippen LogP contribution is -2.17. The van der Waals surface area contributed by atoms with Crippen molar-refractivity contribution >= 4 is 11.6 Å². The van der Waals surface area contributed by atoms with Crippen LogP contribution in [0.3, 0.4) is 0 Å². The molecule has 0 spiro atoms. The lowest BCUT2D eigenvalue weighted by atomic mass is 10.2. The molecule has 0 bridgehead atoms. The fourth-order valence-electron chi connectivity index (χ4n) is 2.61. The minimum Gasteiger partial charge on any atom is -0.489 e. The zero-order valence-electron chi connectivity index (χ0n) is 15.1. The molecule has 1 heterocycles. The third kappa shape index (κ3) is 6.59. The molecule has 4 nitrogen and oxygen atoms in total. The van der Waals surface area contributed by atoms with Crippen molar-refractivity contribution in [3.05, 3.63) is 89.1 Å². The molecule has 0 amide bonds. The number of pyridine rings is 1. The Hall–Kier alpha value is -2.56. The van der Waals surface area contributed by atoms with Crippen LogP contribution in [0.5, 0.6) is 11.6 Å². The van der Waals surface area contributed by atoms with E-state index in [1.54, 1.807) is 6.20 Å². The van der Waals surface area contributed by atoms with Gasteiger partial charge in [0.15, 0.2) is 0 Å². The van der Waals surface area contributed by atoms with Crippen LogP contribution in [0, 0.1) is 0 Å². The Balaban J connectivity index is 1.41. The molecule has 5 heteroatoms. The summed E-state index contributed by atoms with van der Waals surface area (Å²) in [6, 6.07) is 21.4. The predicted molar refractivity (Wildman–Crippen MR) is 108 cm³/mol. The summed E-state index contributed by atoms with van der Waals surface area (Å²) in [6.45, 7) is 2.73. The van der Waals surface area contributed by atoms with Gasteiger partial charge in [0.2, 0.25) is 5.88 Å². The van der Waals surface area contributed by atoms with Crippen molar-refractivity contribution in [2.24, 2.45) is 0 Å². The zero-order valence-corrected chi connectivity index (χ0v) is 15.9. The number of halogens is 1. The van der Waals surface area contributed by atoms with Gasteiger partial charge in [-0.3, -0.25) is 0 Å². The number of nitrogens with one attached hydrogen (secondary N) is 1. The molecule has 27 heavy (non-hydrogen) atoms. The SMILES string of the molecule is Clc1cccc(COc2ccccc2CNCCCOc2ccccn2)c1. The molecular weight excluding hydrogens is 360 g/mol. The van der Waals surface area contributed by atoms with Crippen molar-refractivity contribution in [3.63, 3.8) is 0 Å². The Morgan fingerprint density at radius 3 is 2.67 bits per heavy atom. The normalized spacial score (nSPS) is 10.6. The number of ether oxygens (including phenoxy) is 2. The quantitative estimate of drug-likeness (QED) is 0.508. The Bertz CT molecular complexity index is 827. The summed E-state index contributed by atoms with van der Waals surface area (Å²) in [7, 11) is 0. The first-order chi connectivity index (χ1) is 13.3. The van der Waals surface area contributed by atoms with Gasteiger partial charge in [-0.2, -0.15) is 0 Å². The van der Waals surface area contributed by atoms with E-state index in [1.165, 1.54) is 0 Å². The molecular formula is C22H23ClN2O2. The van der Waals surface area contributed by atoms with Crippen LogP contribution in [0.25, 0.3) is 0 Å². The molecule has 2 aromatic carbocycles. The van der Waals surface area contributed by atoms with E-state index in [-0.39, 0.29) is 0 Å². The monoisotopic (exact) mass is 382 g/mol. The summed E-state index contributed by atoms with van der Waals surface area (Å²) >= 11 is 6.03. The van der Waals surface area contributed by atoms with Crippen LogP contribution >= 0.6 is 11.6 Å². The molecule has 0 radical (unpaired) electrons. The molecule has 0 aliphatic rings. The van der Waals surface area contributed by atoms with Crippen molar-refractivity contribution < 1.29 is 9.47 Å². The number of nitrogens with zero attached hydrogens (tertiary/aromatic N) is 1. The van der Waals surface area contributed by atoms with Gasteiger partial charge in [-0.25, -0.2) is 4.98 Å². The standard InChI is InChI=1S/C22H23ClN2O2/c23-20-9-5-7-18(15-20)17-27-21-10-2-1-8-19(21)16-24-12-6-14-26-22-11-3-4-13-25-22/h1-5,7-11,13,15,24H,6,12,14,16-17H2. The van der Waals surface area contributed by atoms with E-state index in [1.807, 2.05) is 60.7 Å². The number of hydrogen-bond donors (Lipinski definition) is 1. The number of aromatic nitrogens is 1. The third-order valence-electron chi connectivity index (χ3n) is 3.96. The lowest BCUT2D eigenvalue weighted by molar-refractivity contribution is 0.294. The second-order valence-corrected chi connectivity index (χ2v) is 6.51. The number of para-hydroxylation sites is 1. The average Bonchev–Trinajstić information content (AvgIpc) is 2.70. The Kier molecular flexibility index (Phi) is 7.51. The first-order valence-electron chi connectivity index (χ1n) is 9.01. The van der Waals surface area contributed by atoms with Crippen LogP contribution in [0.15, 0.2) is 72.9 Å². The van der Waals surface area contributed by atoms with Crippen LogP contribution in [-0.2, 0) is 13.2 Å². The van der Waals surface area contributed by atoms with E-state index in [0.29, 0.717) is 19.1 Å². The summed E-state index contributed by atoms with van der Waals surface area (Å²) in [6.07, 6.45) is 2.63. The Morgan fingerprint density at radius 1 is 0.926 bits per heavy atom. The molecule has 0 aliphatic carbocycles. The summed E-state index contributed by atoms with van der Waals surface area (Å²) < 4.78 is 11.6. The molecule has 0 unspecified atom stereocenters. The highest BCUT2D eigenvalue weighted by atomic mass is 35.5. The van der Waals surface area contributed by atoms with Crippen molar-refractivity contribution in [2.45, 2.75) is 19.6 Å². The molecule has 1 N–H and O–H groups in total. The van der Waals surface area contributed by atoms with Gasteiger partial charge < -0.3 is 14.8 Å². The van der Waals surface area contributed by atoms with E-state index in [2.05, 4.69) is 16.4 Å². The zero-order chi connectivity index (χ0) is 18.7. The maximum atomic E-state index is 6.03. The average molecular weight is 383 g/mol. The number of benzene rings is 2. The predicted octanol–water partition coefficient (Wildman–Crippen LogP) is 4.87. The van der Waals surface area contributed by atoms with Gasteiger partial charge in [-0.15, -0.1) is 0 Å². The van der Waals surface area contributed by atoms with E-state index >= 15 is 0 Å². The third-order valence-corrected chi connectivity index (χ3v) is 4.19. The van der Waals surface area contributed by atoms with Gasteiger partial charge in [0.25, 0.3) is 0 Å². The molecule has 0 saturated heterocycles. The summed E-state index contributed by atoms with van der Waals surface area (Å²) in [5.74, 6) is 1.55. The second kappa shape index (κ2) is 10.6. The molecule has 140 valence electrons. The van der Waals surface area contributed by atoms with E-state index in [9.17, 15) is 0 Å². The van der Waals surface area contributed by atoms with Gasteiger partial charge >= 0.3 is 0 Å². The highest BCUT2D eigenvalue weighted by Crippen LogP contribution is 2.20. The van der Waals surface area contributed by atoms with E-state index in [4.69, 9.17) is 21.1 Å². The molecule has 3 rings (SSSR count). The van der Waals surface area contributed by atoms with Crippen LogP contribution in [0.2, 0.25) is 5.02 Å². The largest absolute Gasteiger partial charge is 0.489 e. The fraction of sp³-hybridized carbons (Fsp3) is 0.227. The maximum Gasteiger partial charge on any atom is 0.213 e. The van der Waals surface area contributed by atoms with Gasteiger partial charge in [0, 0.05) is 29.4 Å². The second-order valence-electron chi connectivity index (χ2n) is 6.07. The summed E-state index contributed by atoms with van der Waals surface area (Å²) in [5.41, 5.74) is 2.18. The molecule has 0 atom stereocenters. The maximum absolute atomic E-state index is 6.03. The van der Waals surface area contributed by atoms with Gasteiger partial charge in [0.1, 0.15) is 12.4 Å². The van der Waals surface area contributed by atoms with Gasteiger partial charge in [-0.05, 0) is 42.8 Å². The molecule has 0 aliphatic heterocycles.